The van der Waals surface area contributed by atoms with Crippen LogP contribution in [0.15, 0.2) is 12.1 Å². The van der Waals surface area contributed by atoms with Crippen LogP contribution in [0.25, 0.3) is 0 Å². The molecule has 2 aliphatic rings. The van der Waals surface area contributed by atoms with Crippen molar-refractivity contribution in [2.45, 2.75) is 52.9 Å². The third-order valence-electron chi connectivity index (χ3n) is 5.56. The van der Waals surface area contributed by atoms with Gasteiger partial charge in [0.05, 0.1) is 0 Å². The number of carbonyl (C=O) groups excluding carboxylic acids is 2. The molecular formula is C20H28N2O2. The number of benzene rings is 1. The minimum atomic E-state index is 0.00976. The van der Waals surface area contributed by atoms with Crippen LogP contribution < -0.4 is 5.32 Å². The predicted octanol–water partition coefficient (Wildman–Crippen LogP) is 3.59. The minimum absolute atomic E-state index is 0.00976. The Morgan fingerprint density at radius 3 is 2.04 bits per heavy atom. The van der Waals surface area contributed by atoms with Gasteiger partial charge >= 0.3 is 0 Å². The first-order chi connectivity index (χ1) is 11.5. The van der Waals surface area contributed by atoms with Crippen LogP contribution in [0.4, 0.5) is 5.69 Å². The summed E-state index contributed by atoms with van der Waals surface area (Å²) in [7, 11) is 0. The zero-order valence-corrected chi connectivity index (χ0v) is 15.0. The summed E-state index contributed by atoms with van der Waals surface area (Å²) < 4.78 is 0. The lowest BCUT2D eigenvalue weighted by molar-refractivity contribution is -0.140. The maximum Gasteiger partial charge on any atom is 0.227 e. The van der Waals surface area contributed by atoms with Gasteiger partial charge < -0.3 is 10.2 Å². The molecule has 1 aromatic carbocycles. The fourth-order valence-electron chi connectivity index (χ4n) is 3.88. The van der Waals surface area contributed by atoms with Crippen LogP contribution in [-0.4, -0.2) is 29.8 Å². The molecule has 0 unspecified atom stereocenters. The third kappa shape index (κ3) is 3.47. The van der Waals surface area contributed by atoms with E-state index in [2.05, 4.69) is 24.4 Å². The smallest absolute Gasteiger partial charge is 0.227 e. The summed E-state index contributed by atoms with van der Waals surface area (Å²) in [6.07, 6.45) is 4.82. The van der Waals surface area contributed by atoms with E-state index in [0.29, 0.717) is 5.91 Å². The number of carbonyl (C=O) groups is 2. The van der Waals surface area contributed by atoms with Crippen LogP contribution in [0.2, 0.25) is 0 Å². The van der Waals surface area contributed by atoms with Gasteiger partial charge in [-0.1, -0.05) is 24.1 Å². The van der Waals surface area contributed by atoms with Crippen LogP contribution in [-0.2, 0) is 9.59 Å². The van der Waals surface area contributed by atoms with Crippen molar-refractivity contribution >= 4 is 17.5 Å². The minimum Gasteiger partial charge on any atom is -0.342 e. The van der Waals surface area contributed by atoms with Gasteiger partial charge in [-0.15, -0.1) is 0 Å². The van der Waals surface area contributed by atoms with Gasteiger partial charge in [-0.3, -0.25) is 9.59 Å². The van der Waals surface area contributed by atoms with Gasteiger partial charge in [0.2, 0.25) is 11.8 Å². The largest absolute Gasteiger partial charge is 0.342 e. The fraction of sp³-hybridized carbons (Fsp3) is 0.600. The number of aryl methyl sites for hydroxylation is 3. The number of nitrogens with one attached hydrogen (secondary N) is 1. The lowest BCUT2D eigenvalue weighted by atomic mass is 9.83. The second-order valence-electron chi connectivity index (χ2n) is 7.49. The van der Waals surface area contributed by atoms with E-state index in [0.717, 1.165) is 55.6 Å². The second kappa shape index (κ2) is 6.96. The van der Waals surface area contributed by atoms with E-state index in [1.54, 1.807) is 0 Å². The van der Waals surface area contributed by atoms with Crippen LogP contribution in [0.5, 0.6) is 0 Å². The van der Waals surface area contributed by atoms with Crippen molar-refractivity contribution in [1.29, 1.82) is 0 Å². The van der Waals surface area contributed by atoms with E-state index in [-0.39, 0.29) is 17.7 Å². The van der Waals surface area contributed by atoms with Gasteiger partial charge in [0.25, 0.3) is 0 Å². The zero-order chi connectivity index (χ0) is 17.3. The molecule has 130 valence electrons. The highest BCUT2D eigenvalue weighted by molar-refractivity contribution is 5.94. The number of hydrogen-bond donors (Lipinski definition) is 1. The summed E-state index contributed by atoms with van der Waals surface area (Å²) in [4.78, 5) is 26.9. The van der Waals surface area contributed by atoms with Crippen molar-refractivity contribution in [1.82, 2.24) is 4.90 Å². The Kier molecular flexibility index (Phi) is 4.93. The Balaban J connectivity index is 1.56. The van der Waals surface area contributed by atoms with Gasteiger partial charge in [-0.2, -0.15) is 0 Å². The Hall–Kier alpha value is -1.84. The Morgan fingerprint density at radius 2 is 1.54 bits per heavy atom. The van der Waals surface area contributed by atoms with Crippen LogP contribution in [0.3, 0.4) is 0 Å². The van der Waals surface area contributed by atoms with Crippen LogP contribution in [0, 0.1) is 32.6 Å². The van der Waals surface area contributed by atoms with Gasteiger partial charge in [-0.25, -0.2) is 0 Å². The predicted molar refractivity (Wildman–Crippen MR) is 95.9 cm³/mol. The average Bonchev–Trinajstić information content (AvgIpc) is 2.49. The van der Waals surface area contributed by atoms with Crippen molar-refractivity contribution in [2.75, 3.05) is 18.4 Å². The fourth-order valence-corrected chi connectivity index (χ4v) is 3.88. The number of anilines is 1. The van der Waals surface area contributed by atoms with E-state index in [4.69, 9.17) is 0 Å². The van der Waals surface area contributed by atoms with Crippen molar-refractivity contribution < 1.29 is 9.59 Å². The molecule has 2 amide bonds. The van der Waals surface area contributed by atoms with Crippen molar-refractivity contribution in [3.8, 4) is 0 Å². The molecule has 1 saturated carbocycles. The second-order valence-corrected chi connectivity index (χ2v) is 7.49. The topological polar surface area (TPSA) is 49.4 Å². The van der Waals surface area contributed by atoms with Gasteiger partial charge in [0, 0.05) is 30.6 Å². The molecule has 4 heteroatoms. The molecule has 1 saturated heterocycles. The molecule has 3 rings (SSSR count). The number of rotatable bonds is 3. The van der Waals surface area contributed by atoms with Crippen molar-refractivity contribution in [2.24, 2.45) is 11.8 Å². The molecule has 4 nitrogen and oxygen atoms in total. The molecule has 1 aromatic rings. The van der Waals surface area contributed by atoms with E-state index < -0.39 is 0 Å². The standard InChI is InChI=1S/C20H28N2O2/c1-13-11-14(2)18(15(3)12-13)21-19(23)16-7-9-22(10-8-16)20(24)17-5-4-6-17/h11-12,16-17H,4-10H2,1-3H3,(H,21,23). The van der Waals surface area contributed by atoms with E-state index in [9.17, 15) is 9.59 Å². The molecule has 2 fully saturated rings. The lowest BCUT2D eigenvalue weighted by Crippen LogP contribution is -2.45. The Bertz CT molecular complexity index is 618. The average molecular weight is 328 g/mol. The molecule has 1 heterocycles. The molecular weight excluding hydrogens is 300 g/mol. The number of amides is 2. The number of likely N-dealkylation sites (tertiary alicyclic amines) is 1. The van der Waals surface area contributed by atoms with Gasteiger partial charge in [0.1, 0.15) is 0 Å². The molecule has 0 spiro atoms. The van der Waals surface area contributed by atoms with Gasteiger partial charge in [-0.05, 0) is 57.6 Å². The summed E-state index contributed by atoms with van der Waals surface area (Å²) in [6, 6.07) is 4.20. The lowest BCUT2D eigenvalue weighted by Gasteiger charge is -2.36. The highest BCUT2D eigenvalue weighted by atomic mass is 16.2. The Labute approximate surface area is 144 Å². The molecule has 0 aromatic heterocycles. The SMILES string of the molecule is Cc1cc(C)c(NC(=O)C2CCN(C(=O)C3CCC3)CC2)c(C)c1. The van der Waals surface area contributed by atoms with Crippen LogP contribution >= 0.6 is 0 Å². The quantitative estimate of drug-likeness (QED) is 0.922. The first-order valence-electron chi connectivity index (χ1n) is 9.13. The molecule has 0 radical (unpaired) electrons. The third-order valence-corrected chi connectivity index (χ3v) is 5.56. The highest BCUT2D eigenvalue weighted by Gasteiger charge is 2.33. The summed E-state index contributed by atoms with van der Waals surface area (Å²) in [5.41, 5.74) is 4.38. The highest BCUT2D eigenvalue weighted by Crippen LogP contribution is 2.30. The number of piperidine rings is 1. The molecule has 1 aliphatic carbocycles. The number of nitrogens with zero attached hydrogens (tertiary/aromatic N) is 1. The number of hydrogen-bond acceptors (Lipinski definition) is 2. The molecule has 24 heavy (non-hydrogen) atoms. The Morgan fingerprint density at radius 1 is 0.958 bits per heavy atom. The monoisotopic (exact) mass is 328 g/mol. The molecule has 1 aliphatic heterocycles. The summed E-state index contributed by atoms with van der Waals surface area (Å²) >= 11 is 0. The molecule has 1 N–H and O–H groups in total. The molecule has 0 atom stereocenters. The maximum absolute atomic E-state index is 12.6. The normalized spacial score (nSPS) is 19.0. The zero-order valence-electron chi connectivity index (χ0n) is 15.0. The summed E-state index contributed by atoms with van der Waals surface area (Å²) in [6.45, 7) is 7.59. The van der Waals surface area contributed by atoms with E-state index >= 15 is 0 Å². The van der Waals surface area contributed by atoms with E-state index in [1.165, 1.54) is 12.0 Å². The maximum atomic E-state index is 12.6. The summed E-state index contributed by atoms with van der Waals surface area (Å²) in [5, 5.41) is 3.12. The van der Waals surface area contributed by atoms with Gasteiger partial charge in [0.15, 0.2) is 0 Å². The van der Waals surface area contributed by atoms with Crippen molar-refractivity contribution in [3.05, 3.63) is 28.8 Å². The van der Waals surface area contributed by atoms with Crippen molar-refractivity contribution in [3.63, 3.8) is 0 Å². The first kappa shape index (κ1) is 17.0. The van der Waals surface area contributed by atoms with E-state index in [1.807, 2.05) is 18.7 Å². The summed E-state index contributed by atoms with van der Waals surface area (Å²) in [5.74, 6) is 0.676. The molecule has 0 bridgehead atoms. The first-order valence-corrected chi connectivity index (χ1v) is 9.13. The van der Waals surface area contributed by atoms with Crippen LogP contribution in [0.1, 0.15) is 48.8 Å².